The first-order valence-electron chi connectivity index (χ1n) is 5.76. The number of likely N-dealkylation sites (N-methyl/N-ethyl adjacent to an activating group) is 1. The van der Waals surface area contributed by atoms with Crippen molar-refractivity contribution in [1.82, 2.24) is 5.32 Å². The zero-order chi connectivity index (χ0) is 11.5. The molecule has 1 fully saturated rings. The molecule has 0 saturated carbocycles. The number of hydrogen-bond acceptors (Lipinski definition) is 2. The Kier molecular flexibility index (Phi) is 3.56. The lowest BCUT2D eigenvalue weighted by Gasteiger charge is -2.23. The van der Waals surface area contributed by atoms with Crippen LogP contribution in [0, 0.1) is 12.7 Å². The van der Waals surface area contributed by atoms with E-state index in [4.69, 9.17) is 4.74 Å². The molecule has 1 aliphatic rings. The predicted molar refractivity (Wildman–Crippen MR) is 61.9 cm³/mol. The maximum absolute atomic E-state index is 13.3. The highest BCUT2D eigenvalue weighted by molar-refractivity contribution is 5.27. The number of ether oxygens (including phenoxy) is 1. The van der Waals surface area contributed by atoms with Crippen LogP contribution in [0.2, 0.25) is 0 Å². The second-order valence-corrected chi connectivity index (χ2v) is 4.38. The van der Waals surface area contributed by atoms with E-state index < -0.39 is 0 Å². The highest BCUT2D eigenvalue weighted by Gasteiger charge is 2.26. The number of aryl methyl sites for hydroxylation is 1. The van der Waals surface area contributed by atoms with Gasteiger partial charge >= 0.3 is 0 Å². The summed E-state index contributed by atoms with van der Waals surface area (Å²) in [6, 6.07) is 5.25. The van der Waals surface area contributed by atoms with Gasteiger partial charge in [0.05, 0.1) is 12.1 Å². The van der Waals surface area contributed by atoms with Crippen LogP contribution in [0.3, 0.4) is 0 Å². The Bertz CT molecular complexity index is 341. The maximum Gasteiger partial charge on any atom is 0.123 e. The van der Waals surface area contributed by atoms with Crippen molar-refractivity contribution < 1.29 is 9.13 Å². The van der Waals surface area contributed by atoms with Gasteiger partial charge in [-0.25, -0.2) is 4.39 Å². The van der Waals surface area contributed by atoms with Gasteiger partial charge in [0.25, 0.3) is 0 Å². The van der Waals surface area contributed by atoms with Crippen LogP contribution in [0.5, 0.6) is 0 Å². The van der Waals surface area contributed by atoms with Crippen molar-refractivity contribution in [3.05, 3.63) is 35.1 Å². The molecule has 0 aromatic heterocycles. The van der Waals surface area contributed by atoms with Crippen LogP contribution in [-0.4, -0.2) is 19.8 Å². The van der Waals surface area contributed by atoms with Crippen molar-refractivity contribution in [2.24, 2.45) is 0 Å². The van der Waals surface area contributed by atoms with Gasteiger partial charge in [0.2, 0.25) is 0 Å². The second kappa shape index (κ2) is 4.93. The van der Waals surface area contributed by atoms with E-state index in [0.29, 0.717) is 0 Å². The number of nitrogens with one attached hydrogen (secondary N) is 1. The van der Waals surface area contributed by atoms with Gasteiger partial charge in [-0.1, -0.05) is 6.07 Å². The minimum Gasteiger partial charge on any atom is -0.376 e. The highest BCUT2D eigenvalue weighted by Crippen LogP contribution is 2.27. The molecule has 2 atom stereocenters. The molecule has 1 saturated heterocycles. The summed E-state index contributed by atoms with van der Waals surface area (Å²) in [7, 11) is 1.90. The zero-order valence-electron chi connectivity index (χ0n) is 9.79. The van der Waals surface area contributed by atoms with E-state index >= 15 is 0 Å². The predicted octanol–water partition coefficient (Wildman–Crippen LogP) is 2.57. The smallest absolute Gasteiger partial charge is 0.123 e. The Labute approximate surface area is 95.8 Å². The third-order valence-electron chi connectivity index (χ3n) is 3.07. The average molecular weight is 223 g/mol. The molecular formula is C13H18FNO. The molecule has 16 heavy (non-hydrogen) atoms. The van der Waals surface area contributed by atoms with Crippen LogP contribution in [0.15, 0.2) is 18.2 Å². The fourth-order valence-corrected chi connectivity index (χ4v) is 2.38. The average Bonchev–Trinajstić information content (AvgIpc) is 2.70. The molecule has 88 valence electrons. The second-order valence-electron chi connectivity index (χ2n) is 4.38. The monoisotopic (exact) mass is 223 g/mol. The summed E-state index contributed by atoms with van der Waals surface area (Å²) in [4.78, 5) is 0. The molecule has 1 heterocycles. The van der Waals surface area contributed by atoms with Gasteiger partial charge in [0, 0.05) is 6.61 Å². The molecule has 2 unspecified atom stereocenters. The van der Waals surface area contributed by atoms with Crippen LogP contribution in [-0.2, 0) is 4.74 Å². The summed E-state index contributed by atoms with van der Waals surface area (Å²) < 4.78 is 19.0. The summed E-state index contributed by atoms with van der Waals surface area (Å²) in [6.07, 6.45) is 2.31. The Morgan fingerprint density at radius 3 is 2.81 bits per heavy atom. The van der Waals surface area contributed by atoms with Gasteiger partial charge in [0.1, 0.15) is 5.82 Å². The number of rotatable bonds is 3. The highest BCUT2D eigenvalue weighted by atomic mass is 19.1. The lowest BCUT2D eigenvalue weighted by molar-refractivity contribution is 0.0807. The molecule has 0 bridgehead atoms. The molecule has 1 N–H and O–H groups in total. The molecular weight excluding hydrogens is 205 g/mol. The lowest BCUT2D eigenvalue weighted by Crippen LogP contribution is -2.29. The molecule has 2 nitrogen and oxygen atoms in total. The molecule has 0 amide bonds. The molecule has 1 aromatic carbocycles. The standard InChI is InChI=1S/C13H18FNO/c1-9-6-10(8-11(14)7-9)13(15-2)12-4-3-5-16-12/h6-8,12-13,15H,3-5H2,1-2H3. The fraction of sp³-hybridized carbons (Fsp3) is 0.538. The van der Waals surface area contributed by atoms with Crippen LogP contribution >= 0.6 is 0 Å². The van der Waals surface area contributed by atoms with E-state index in [2.05, 4.69) is 5.32 Å². The first kappa shape index (κ1) is 11.6. The van der Waals surface area contributed by atoms with Gasteiger partial charge in [-0.3, -0.25) is 0 Å². The Balaban J connectivity index is 2.24. The lowest BCUT2D eigenvalue weighted by atomic mass is 9.98. The minimum absolute atomic E-state index is 0.0944. The summed E-state index contributed by atoms with van der Waals surface area (Å²) in [5.41, 5.74) is 1.93. The Morgan fingerprint density at radius 2 is 2.25 bits per heavy atom. The topological polar surface area (TPSA) is 21.3 Å². The molecule has 2 rings (SSSR count). The summed E-state index contributed by atoms with van der Waals surface area (Å²) in [5, 5.41) is 3.22. The molecule has 3 heteroatoms. The Morgan fingerprint density at radius 1 is 1.44 bits per heavy atom. The quantitative estimate of drug-likeness (QED) is 0.850. The Hall–Kier alpha value is -0.930. The van der Waals surface area contributed by atoms with Crippen LogP contribution in [0.1, 0.15) is 30.0 Å². The van der Waals surface area contributed by atoms with Crippen molar-refractivity contribution in [3.63, 3.8) is 0 Å². The van der Waals surface area contributed by atoms with E-state index in [0.717, 1.165) is 30.6 Å². The van der Waals surface area contributed by atoms with Crippen molar-refractivity contribution >= 4 is 0 Å². The summed E-state index contributed by atoms with van der Waals surface area (Å²) in [5.74, 6) is -0.173. The normalized spacial score (nSPS) is 22.3. The first-order valence-corrected chi connectivity index (χ1v) is 5.76. The van der Waals surface area contributed by atoms with Gasteiger partial charge in [0.15, 0.2) is 0 Å². The van der Waals surface area contributed by atoms with Crippen molar-refractivity contribution in [2.45, 2.75) is 31.9 Å². The number of benzene rings is 1. The van der Waals surface area contributed by atoms with E-state index in [1.54, 1.807) is 12.1 Å². The molecule has 0 aliphatic carbocycles. The number of halogens is 1. The van der Waals surface area contributed by atoms with E-state index in [1.165, 1.54) is 0 Å². The molecule has 1 aliphatic heterocycles. The largest absolute Gasteiger partial charge is 0.376 e. The van der Waals surface area contributed by atoms with Crippen molar-refractivity contribution in [1.29, 1.82) is 0 Å². The van der Waals surface area contributed by atoms with Gasteiger partial charge in [-0.15, -0.1) is 0 Å². The van der Waals surface area contributed by atoms with E-state index in [1.807, 2.05) is 20.0 Å². The molecule has 0 radical (unpaired) electrons. The molecule has 0 spiro atoms. The molecule has 1 aromatic rings. The number of hydrogen-bond donors (Lipinski definition) is 1. The summed E-state index contributed by atoms with van der Waals surface area (Å²) in [6.45, 7) is 2.73. The SMILES string of the molecule is CNC(c1cc(C)cc(F)c1)C1CCCO1. The fourth-order valence-electron chi connectivity index (χ4n) is 2.38. The van der Waals surface area contributed by atoms with Gasteiger partial charge in [-0.2, -0.15) is 0 Å². The van der Waals surface area contributed by atoms with Gasteiger partial charge < -0.3 is 10.1 Å². The third kappa shape index (κ3) is 2.42. The third-order valence-corrected chi connectivity index (χ3v) is 3.07. The van der Waals surface area contributed by atoms with Crippen molar-refractivity contribution in [3.8, 4) is 0 Å². The van der Waals surface area contributed by atoms with Crippen LogP contribution in [0.4, 0.5) is 4.39 Å². The van der Waals surface area contributed by atoms with Crippen molar-refractivity contribution in [2.75, 3.05) is 13.7 Å². The van der Waals surface area contributed by atoms with Crippen LogP contribution in [0.25, 0.3) is 0 Å². The maximum atomic E-state index is 13.3. The van der Waals surface area contributed by atoms with E-state index in [-0.39, 0.29) is 18.0 Å². The van der Waals surface area contributed by atoms with E-state index in [9.17, 15) is 4.39 Å². The first-order chi connectivity index (χ1) is 7.70. The summed E-state index contributed by atoms with van der Waals surface area (Å²) >= 11 is 0. The minimum atomic E-state index is -0.173. The van der Waals surface area contributed by atoms with Gasteiger partial charge in [-0.05, 0) is 50.1 Å². The zero-order valence-corrected chi connectivity index (χ0v) is 9.79. The van der Waals surface area contributed by atoms with Crippen LogP contribution < -0.4 is 5.32 Å².